The molecule has 1 N–H and O–H groups in total. The van der Waals surface area contributed by atoms with E-state index in [0.717, 1.165) is 16.3 Å². The van der Waals surface area contributed by atoms with Crippen LogP contribution in [0.4, 0.5) is 0 Å². The monoisotopic (exact) mass is 400 g/mol. The molecule has 0 unspecified atom stereocenters. The van der Waals surface area contributed by atoms with Crippen LogP contribution in [-0.2, 0) is 0 Å². The summed E-state index contributed by atoms with van der Waals surface area (Å²) in [5, 5.41) is 7.61. The Kier molecular flexibility index (Phi) is 5.45. The fourth-order valence-corrected chi connectivity index (χ4v) is 3.43. The van der Waals surface area contributed by atoms with Crippen molar-refractivity contribution < 1.29 is 14.3 Å². The smallest absolute Gasteiger partial charge is 0.344 e. The van der Waals surface area contributed by atoms with Gasteiger partial charge < -0.3 is 4.74 Å². The summed E-state index contributed by atoms with van der Waals surface area (Å²) < 4.78 is 5.50. The number of hydrogen-bond donors (Lipinski definition) is 1. The summed E-state index contributed by atoms with van der Waals surface area (Å²) in [6, 6.07) is 23.6. The van der Waals surface area contributed by atoms with E-state index in [2.05, 4.69) is 10.5 Å². The third kappa shape index (κ3) is 4.39. The number of carbonyl (C=O) groups excluding carboxylic acids is 2. The third-order valence-electron chi connectivity index (χ3n) is 4.22. The van der Waals surface area contributed by atoms with Gasteiger partial charge in [-0.1, -0.05) is 42.5 Å². The normalized spacial score (nSPS) is 10.9. The molecule has 1 aromatic heterocycles. The van der Waals surface area contributed by atoms with Gasteiger partial charge in [-0.15, -0.1) is 11.3 Å². The second-order valence-corrected chi connectivity index (χ2v) is 7.11. The summed E-state index contributed by atoms with van der Waals surface area (Å²) in [6.45, 7) is 0. The Bertz CT molecular complexity index is 1180. The van der Waals surface area contributed by atoms with Crippen LogP contribution in [0.3, 0.4) is 0 Å². The number of benzene rings is 3. The van der Waals surface area contributed by atoms with E-state index >= 15 is 0 Å². The molecule has 5 nitrogen and oxygen atoms in total. The molecular formula is C23H16N2O3S. The van der Waals surface area contributed by atoms with Gasteiger partial charge in [0, 0.05) is 0 Å². The molecule has 0 aliphatic rings. The number of nitrogens with zero attached hydrogens (tertiary/aromatic N) is 1. The molecule has 0 aliphatic carbocycles. The predicted molar refractivity (Wildman–Crippen MR) is 115 cm³/mol. The van der Waals surface area contributed by atoms with Crippen molar-refractivity contribution in [1.29, 1.82) is 0 Å². The Morgan fingerprint density at radius 2 is 1.69 bits per heavy atom. The molecule has 0 aliphatic heterocycles. The Balaban J connectivity index is 1.41. The fourth-order valence-electron chi connectivity index (χ4n) is 2.82. The SMILES string of the molecule is O=C(N/N=C\c1ccc(OC(=O)c2cccc3ccccc23)cc1)c1cccs1. The number of hydrogen-bond acceptors (Lipinski definition) is 5. The van der Waals surface area contributed by atoms with Gasteiger partial charge in [0.05, 0.1) is 16.7 Å². The van der Waals surface area contributed by atoms with Gasteiger partial charge in [0.15, 0.2) is 0 Å². The molecule has 3 aromatic carbocycles. The maximum atomic E-state index is 12.6. The van der Waals surface area contributed by atoms with Gasteiger partial charge in [0.1, 0.15) is 5.75 Å². The predicted octanol–water partition coefficient (Wildman–Crippen LogP) is 4.88. The third-order valence-corrected chi connectivity index (χ3v) is 5.09. The van der Waals surface area contributed by atoms with Crippen LogP contribution in [0.5, 0.6) is 5.75 Å². The minimum absolute atomic E-state index is 0.253. The van der Waals surface area contributed by atoms with E-state index in [1.807, 2.05) is 47.8 Å². The first-order chi connectivity index (χ1) is 14.2. The van der Waals surface area contributed by atoms with E-state index in [-0.39, 0.29) is 5.91 Å². The standard InChI is InChI=1S/C23H16N2O3S/c26-22(21-9-4-14-29-21)25-24-15-16-10-12-18(13-11-16)28-23(27)20-8-3-6-17-5-1-2-7-19(17)20/h1-15H,(H,25,26)/b24-15-. The molecule has 0 saturated heterocycles. The highest BCUT2D eigenvalue weighted by Gasteiger charge is 2.12. The quantitative estimate of drug-likeness (QED) is 0.225. The number of amides is 1. The number of esters is 1. The number of ether oxygens (including phenoxy) is 1. The van der Waals surface area contributed by atoms with Crippen LogP contribution in [0.25, 0.3) is 10.8 Å². The van der Waals surface area contributed by atoms with Gasteiger partial charge >= 0.3 is 5.97 Å². The first-order valence-corrected chi connectivity index (χ1v) is 9.75. The lowest BCUT2D eigenvalue weighted by atomic mass is 10.0. The molecule has 6 heteroatoms. The molecule has 4 aromatic rings. The summed E-state index contributed by atoms with van der Waals surface area (Å²) >= 11 is 1.35. The molecular weight excluding hydrogens is 384 g/mol. The van der Waals surface area contributed by atoms with Crippen molar-refractivity contribution in [3.05, 3.63) is 100 Å². The molecule has 142 valence electrons. The minimum atomic E-state index is -0.411. The van der Waals surface area contributed by atoms with Gasteiger partial charge in [0.2, 0.25) is 0 Å². The largest absolute Gasteiger partial charge is 0.423 e. The van der Waals surface area contributed by atoms with Crippen molar-refractivity contribution in [2.45, 2.75) is 0 Å². The summed E-state index contributed by atoms with van der Waals surface area (Å²) in [6.07, 6.45) is 1.53. The molecule has 0 atom stereocenters. The van der Waals surface area contributed by atoms with Crippen LogP contribution in [0.1, 0.15) is 25.6 Å². The first kappa shape index (κ1) is 18.6. The first-order valence-electron chi connectivity index (χ1n) is 8.87. The molecule has 1 heterocycles. The summed E-state index contributed by atoms with van der Waals surface area (Å²) in [7, 11) is 0. The van der Waals surface area contributed by atoms with Crippen LogP contribution < -0.4 is 10.2 Å². The zero-order valence-electron chi connectivity index (χ0n) is 15.2. The second kappa shape index (κ2) is 8.50. The van der Waals surface area contributed by atoms with Crippen molar-refractivity contribution in [3.63, 3.8) is 0 Å². The van der Waals surface area contributed by atoms with E-state index in [1.165, 1.54) is 17.6 Å². The van der Waals surface area contributed by atoms with E-state index in [9.17, 15) is 9.59 Å². The van der Waals surface area contributed by atoms with Crippen LogP contribution in [-0.4, -0.2) is 18.1 Å². The number of fused-ring (bicyclic) bond motifs is 1. The number of thiophene rings is 1. The van der Waals surface area contributed by atoms with Crippen molar-refractivity contribution in [3.8, 4) is 5.75 Å². The van der Waals surface area contributed by atoms with Crippen LogP contribution in [0.15, 0.2) is 89.3 Å². The molecule has 0 fully saturated rings. The lowest BCUT2D eigenvalue weighted by molar-refractivity contribution is 0.0736. The van der Waals surface area contributed by atoms with Crippen molar-refractivity contribution in [2.24, 2.45) is 5.10 Å². The molecule has 0 saturated carbocycles. The van der Waals surface area contributed by atoms with E-state index in [1.54, 1.807) is 36.4 Å². The van der Waals surface area contributed by atoms with Crippen molar-refractivity contribution in [1.82, 2.24) is 5.43 Å². The number of rotatable bonds is 5. The lowest BCUT2D eigenvalue weighted by Crippen LogP contribution is -2.16. The van der Waals surface area contributed by atoms with Gasteiger partial charge in [-0.25, -0.2) is 10.2 Å². The molecule has 29 heavy (non-hydrogen) atoms. The summed E-state index contributed by atoms with van der Waals surface area (Å²) in [4.78, 5) is 25.0. The van der Waals surface area contributed by atoms with Gasteiger partial charge in [0.25, 0.3) is 5.91 Å². The molecule has 0 radical (unpaired) electrons. The molecule has 0 spiro atoms. The Hall–Kier alpha value is -3.77. The Labute approximate surface area is 171 Å². The summed E-state index contributed by atoms with van der Waals surface area (Å²) in [5.41, 5.74) is 3.76. The number of hydrazone groups is 1. The fraction of sp³-hybridized carbons (Fsp3) is 0. The lowest BCUT2D eigenvalue weighted by Gasteiger charge is -2.07. The average molecular weight is 400 g/mol. The van der Waals surface area contributed by atoms with Crippen molar-refractivity contribution in [2.75, 3.05) is 0 Å². The average Bonchev–Trinajstić information content (AvgIpc) is 3.29. The van der Waals surface area contributed by atoms with Crippen LogP contribution >= 0.6 is 11.3 Å². The second-order valence-electron chi connectivity index (χ2n) is 6.16. The van der Waals surface area contributed by atoms with Crippen LogP contribution in [0, 0.1) is 0 Å². The molecule has 0 bridgehead atoms. The summed E-state index contributed by atoms with van der Waals surface area (Å²) in [5.74, 6) is -0.231. The highest BCUT2D eigenvalue weighted by molar-refractivity contribution is 7.12. The Morgan fingerprint density at radius 1 is 0.897 bits per heavy atom. The topological polar surface area (TPSA) is 67.8 Å². The van der Waals surface area contributed by atoms with Crippen molar-refractivity contribution >= 4 is 40.2 Å². The zero-order valence-corrected chi connectivity index (χ0v) is 16.1. The maximum Gasteiger partial charge on any atom is 0.344 e. The molecule has 1 amide bonds. The number of carbonyl (C=O) groups is 2. The highest BCUT2D eigenvalue weighted by atomic mass is 32.1. The minimum Gasteiger partial charge on any atom is -0.423 e. The van der Waals surface area contributed by atoms with E-state index in [0.29, 0.717) is 16.2 Å². The maximum absolute atomic E-state index is 12.6. The zero-order chi connectivity index (χ0) is 20.1. The number of nitrogens with one attached hydrogen (secondary N) is 1. The highest BCUT2D eigenvalue weighted by Crippen LogP contribution is 2.21. The van der Waals surface area contributed by atoms with Crippen LogP contribution in [0.2, 0.25) is 0 Å². The molecule has 4 rings (SSSR count). The van der Waals surface area contributed by atoms with E-state index in [4.69, 9.17) is 4.74 Å². The van der Waals surface area contributed by atoms with Gasteiger partial charge in [-0.3, -0.25) is 4.79 Å². The van der Waals surface area contributed by atoms with Gasteiger partial charge in [-0.2, -0.15) is 5.10 Å². The van der Waals surface area contributed by atoms with Gasteiger partial charge in [-0.05, 0) is 58.1 Å². The Morgan fingerprint density at radius 3 is 2.48 bits per heavy atom. The van der Waals surface area contributed by atoms with E-state index < -0.39 is 5.97 Å².